The lowest BCUT2D eigenvalue weighted by atomic mass is 10.00. The maximum atomic E-state index is 13.7. The first-order valence-electron chi connectivity index (χ1n) is 13.7. The molecule has 0 radical (unpaired) electrons. The van der Waals surface area contributed by atoms with Gasteiger partial charge in [0.15, 0.2) is 0 Å². The maximum absolute atomic E-state index is 13.7. The number of rotatable bonds is 15. The topological polar surface area (TPSA) is 114 Å². The zero-order valence-electron chi connectivity index (χ0n) is 24.2. The zero-order valence-corrected chi connectivity index (χ0v) is 24.2. The van der Waals surface area contributed by atoms with Crippen LogP contribution >= 0.6 is 0 Å². The summed E-state index contributed by atoms with van der Waals surface area (Å²) < 4.78 is 10.3. The van der Waals surface area contributed by atoms with Crippen LogP contribution in [-0.4, -0.2) is 60.1 Å². The first-order valence-corrected chi connectivity index (χ1v) is 13.7. The van der Waals surface area contributed by atoms with E-state index in [1.54, 1.807) is 34.6 Å². The van der Waals surface area contributed by atoms with Gasteiger partial charge >= 0.3 is 12.1 Å². The predicted octanol–water partition coefficient (Wildman–Crippen LogP) is 4.82. The van der Waals surface area contributed by atoms with Gasteiger partial charge in [-0.15, -0.1) is 0 Å². The number of unbranched alkanes of at least 4 members (excludes halogenated alkanes) is 4. The first-order chi connectivity index (χ1) is 17.9. The Kier molecular flexibility index (Phi) is 14.5. The second-order valence-electron chi connectivity index (χ2n) is 10.5. The molecule has 0 saturated carbocycles. The van der Waals surface area contributed by atoms with Crippen LogP contribution in [0, 0.1) is 6.92 Å². The molecular formula is C29H47N3O6. The first kappa shape index (κ1) is 32.9. The zero-order chi connectivity index (χ0) is 28.7. The number of ether oxygens (including phenoxy) is 2. The van der Waals surface area contributed by atoms with E-state index in [2.05, 4.69) is 17.6 Å². The van der Waals surface area contributed by atoms with E-state index in [4.69, 9.17) is 9.47 Å². The van der Waals surface area contributed by atoms with Crippen molar-refractivity contribution in [1.29, 1.82) is 0 Å². The van der Waals surface area contributed by atoms with Crippen molar-refractivity contribution in [2.45, 2.75) is 105 Å². The maximum Gasteiger partial charge on any atom is 0.408 e. The molecule has 9 nitrogen and oxygen atoms in total. The van der Waals surface area contributed by atoms with Gasteiger partial charge < -0.3 is 25.0 Å². The Morgan fingerprint density at radius 3 is 2.32 bits per heavy atom. The summed E-state index contributed by atoms with van der Waals surface area (Å²) in [6, 6.07) is 5.60. The molecule has 0 aliphatic rings. The molecule has 0 bridgehead atoms. The van der Waals surface area contributed by atoms with Crippen molar-refractivity contribution in [3.05, 3.63) is 35.4 Å². The molecule has 0 aromatic heterocycles. The average Bonchev–Trinajstić information content (AvgIpc) is 2.81. The van der Waals surface area contributed by atoms with Gasteiger partial charge in [-0.1, -0.05) is 62.4 Å². The van der Waals surface area contributed by atoms with Crippen LogP contribution in [0.3, 0.4) is 0 Å². The van der Waals surface area contributed by atoms with Crippen LogP contribution in [0.4, 0.5) is 4.79 Å². The van der Waals surface area contributed by atoms with E-state index in [0.717, 1.165) is 31.2 Å². The van der Waals surface area contributed by atoms with E-state index in [9.17, 15) is 19.2 Å². The van der Waals surface area contributed by atoms with Crippen LogP contribution in [0.15, 0.2) is 24.3 Å². The highest BCUT2D eigenvalue weighted by atomic mass is 16.6. The minimum atomic E-state index is -0.932. The van der Waals surface area contributed by atoms with E-state index in [-0.39, 0.29) is 19.6 Å². The summed E-state index contributed by atoms with van der Waals surface area (Å²) in [6.45, 7) is 13.3. The third-order valence-electron chi connectivity index (χ3n) is 5.74. The second-order valence-corrected chi connectivity index (χ2v) is 10.5. The van der Waals surface area contributed by atoms with Crippen LogP contribution in [0.2, 0.25) is 0 Å². The second kappa shape index (κ2) is 16.7. The number of esters is 1. The quantitative estimate of drug-likeness (QED) is 0.247. The molecule has 214 valence electrons. The molecule has 0 aliphatic carbocycles. The van der Waals surface area contributed by atoms with Crippen LogP contribution < -0.4 is 10.6 Å². The van der Waals surface area contributed by atoms with Crippen LogP contribution in [-0.2, 0) is 23.9 Å². The molecule has 2 N–H and O–H groups in total. The Labute approximate surface area is 228 Å². The molecule has 38 heavy (non-hydrogen) atoms. The van der Waals surface area contributed by atoms with Gasteiger partial charge in [0.05, 0.1) is 13.0 Å². The van der Waals surface area contributed by atoms with E-state index in [0.29, 0.717) is 18.5 Å². The highest BCUT2D eigenvalue weighted by Gasteiger charge is 2.34. The van der Waals surface area contributed by atoms with E-state index >= 15 is 0 Å². The van der Waals surface area contributed by atoms with Crippen molar-refractivity contribution in [3.63, 3.8) is 0 Å². The van der Waals surface area contributed by atoms with Gasteiger partial charge in [-0.3, -0.25) is 14.4 Å². The third kappa shape index (κ3) is 12.4. The molecule has 0 heterocycles. The fraction of sp³-hybridized carbons (Fsp3) is 0.655. The van der Waals surface area contributed by atoms with E-state index in [1.165, 1.54) is 4.90 Å². The summed E-state index contributed by atoms with van der Waals surface area (Å²) in [5.74, 6) is -1.19. The molecule has 2 atom stereocenters. The average molecular weight is 534 g/mol. The van der Waals surface area contributed by atoms with Gasteiger partial charge in [0.25, 0.3) is 0 Å². The van der Waals surface area contributed by atoms with Crippen molar-refractivity contribution in [2.75, 3.05) is 19.7 Å². The van der Waals surface area contributed by atoms with Crippen molar-refractivity contribution < 1.29 is 28.7 Å². The Morgan fingerprint density at radius 1 is 1.03 bits per heavy atom. The molecular weight excluding hydrogens is 486 g/mol. The fourth-order valence-corrected chi connectivity index (χ4v) is 3.98. The largest absolute Gasteiger partial charge is 0.466 e. The van der Waals surface area contributed by atoms with Gasteiger partial charge in [-0.2, -0.15) is 0 Å². The summed E-state index contributed by atoms with van der Waals surface area (Å²) in [7, 11) is 0. The van der Waals surface area contributed by atoms with Crippen LogP contribution in [0.1, 0.15) is 97.2 Å². The van der Waals surface area contributed by atoms with Gasteiger partial charge in [-0.05, 0) is 53.5 Å². The number of alkyl carbamates (subject to hydrolysis) is 1. The summed E-state index contributed by atoms with van der Waals surface area (Å²) in [5.41, 5.74) is 0.890. The minimum absolute atomic E-state index is 0.0294. The normalized spacial score (nSPS) is 12.7. The number of hydrogen-bond acceptors (Lipinski definition) is 6. The monoisotopic (exact) mass is 533 g/mol. The van der Waals surface area contributed by atoms with Crippen LogP contribution in [0.25, 0.3) is 0 Å². The molecule has 0 spiro atoms. The molecule has 0 fully saturated rings. The van der Waals surface area contributed by atoms with Crippen LogP contribution in [0.5, 0.6) is 0 Å². The highest BCUT2D eigenvalue weighted by Crippen LogP contribution is 2.24. The standard InChI is InChI=1S/C29H47N3O6/c1-8-10-11-12-13-19-32(27(35)22(4)31-28(36)38-29(5,6)7)25(23-16-14-15-21(3)20-23)26(34)30-18-17-24(33)37-9-2/h14-16,20,22,25H,8-13,17-19H2,1-7H3,(H,30,34)(H,31,36). The Bertz CT molecular complexity index is 912. The molecule has 3 amide bonds. The number of nitrogens with one attached hydrogen (secondary N) is 2. The molecule has 1 aromatic rings. The summed E-state index contributed by atoms with van der Waals surface area (Å²) in [6.07, 6.45) is 4.17. The molecule has 9 heteroatoms. The summed E-state index contributed by atoms with van der Waals surface area (Å²) in [5, 5.41) is 5.41. The lowest BCUT2D eigenvalue weighted by Gasteiger charge is -2.34. The molecule has 0 aliphatic heterocycles. The highest BCUT2D eigenvalue weighted by molar-refractivity contribution is 5.92. The SMILES string of the molecule is CCCCCCCN(C(=O)C(C)NC(=O)OC(C)(C)C)C(C(=O)NCCC(=O)OCC)c1cccc(C)c1. The van der Waals surface area contributed by atoms with E-state index in [1.807, 2.05) is 31.2 Å². The number of amides is 3. The molecule has 2 unspecified atom stereocenters. The Balaban J connectivity index is 3.24. The minimum Gasteiger partial charge on any atom is -0.466 e. The molecule has 0 saturated heterocycles. The smallest absolute Gasteiger partial charge is 0.408 e. The van der Waals surface area contributed by atoms with E-state index < -0.39 is 41.6 Å². The predicted molar refractivity (Wildman–Crippen MR) is 147 cm³/mol. The van der Waals surface area contributed by atoms with Gasteiger partial charge in [0.2, 0.25) is 11.8 Å². The number of carbonyl (C=O) groups is 4. The van der Waals surface area contributed by atoms with Crippen molar-refractivity contribution >= 4 is 23.9 Å². The number of carbonyl (C=O) groups excluding carboxylic acids is 4. The number of nitrogens with zero attached hydrogens (tertiary/aromatic N) is 1. The van der Waals surface area contributed by atoms with Crippen molar-refractivity contribution in [3.8, 4) is 0 Å². The van der Waals surface area contributed by atoms with Crippen molar-refractivity contribution in [2.24, 2.45) is 0 Å². The van der Waals surface area contributed by atoms with Gasteiger partial charge in [0.1, 0.15) is 17.7 Å². The summed E-state index contributed by atoms with van der Waals surface area (Å²) >= 11 is 0. The van der Waals surface area contributed by atoms with Gasteiger partial charge in [0, 0.05) is 13.1 Å². The number of benzene rings is 1. The number of hydrogen-bond donors (Lipinski definition) is 2. The lowest BCUT2D eigenvalue weighted by Crippen LogP contribution is -2.52. The Hall–Kier alpha value is -3.10. The summed E-state index contributed by atoms with van der Waals surface area (Å²) in [4.78, 5) is 53.0. The molecule has 1 aromatic carbocycles. The Morgan fingerprint density at radius 2 is 1.71 bits per heavy atom. The third-order valence-corrected chi connectivity index (χ3v) is 5.74. The molecule has 1 rings (SSSR count). The fourth-order valence-electron chi connectivity index (χ4n) is 3.98. The van der Waals surface area contributed by atoms with Gasteiger partial charge in [-0.25, -0.2) is 4.79 Å². The lowest BCUT2D eigenvalue weighted by molar-refractivity contribution is -0.144. The van der Waals surface area contributed by atoms with Crippen molar-refractivity contribution in [1.82, 2.24) is 15.5 Å². The number of aryl methyl sites for hydroxylation is 1.